The average Bonchev–Trinajstić information content (AvgIpc) is 2.51. The van der Waals surface area contributed by atoms with Crippen LogP contribution in [0.3, 0.4) is 0 Å². The van der Waals surface area contributed by atoms with Gasteiger partial charge in [0.1, 0.15) is 24.7 Å². The fraction of sp³-hybridized carbons (Fsp3) is 0.333. The highest BCUT2D eigenvalue weighted by Crippen LogP contribution is 2.25. The molecular weight excluding hydrogens is 262 g/mol. The predicted octanol–water partition coefficient (Wildman–Crippen LogP) is 3.53. The van der Waals surface area contributed by atoms with Gasteiger partial charge in [0.05, 0.1) is 0 Å². The molecule has 0 bridgehead atoms. The van der Waals surface area contributed by atoms with E-state index in [-0.39, 0.29) is 0 Å². The van der Waals surface area contributed by atoms with Crippen molar-refractivity contribution in [1.29, 1.82) is 0 Å². The molecule has 0 aliphatic carbocycles. The minimum atomic E-state index is 0.523. The zero-order valence-corrected chi connectivity index (χ0v) is 13.0. The molecule has 0 radical (unpaired) electrons. The summed E-state index contributed by atoms with van der Waals surface area (Å²) in [5.41, 5.74) is 10.3. The van der Waals surface area contributed by atoms with E-state index in [1.54, 1.807) is 0 Å². The maximum Gasteiger partial charge on any atom is 0.125 e. The maximum absolute atomic E-state index is 5.87. The van der Waals surface area contributed by atoms with E-state index in [1.165, 1.54) is 11.1 Å². The Kier molecular flexibility index (Phi) is 5.23. The van der Waals surface area contributed by atoms with Gasteiger partial charge in [-0.3, -0.25) is 0 Å². The van der Waals surface area contributed by atoms with E-state index in [9.17, 15) is 0 Å². The third-order valence-corrected chi connectivity index (χ3v) is 3.63. The van der Waals surface area contributed by atoms with Crippen LogP contribution in [0.15, 0.2) is 36.4 Å². The summed E-state index contributed by atoms with van der Waals surface area (Å²) in [5.74, 6) is 1.81. The summed E-state index contributed by atoms with van der Waals surface area (Å²) in [4.78, 5) is 0. The lowest BCUT2D eigenvalue weighted by molar-refractivity contribution is 0.215. The van der Waals surface area contributed by atoms with Crippen molar-refractivity contribution in [1.82, 2.24) is 0 Å². The molecule has 112 valence electrons. The summed E-state index contributed by atoms with van der Waals surface area (Å²) >= 11 is 0. The minimum absolute atomic E-state index is 0.523. The lowest BCUT2D eigenvalue weighted by Crippen LogP contribution is -2.10. The van der Waals surface area contributed by atoms with Crippen LogP contribution in [-0.2, 0) is 6.54 Å². The summed E-state index contributed by atoms with van der Waals surface area (Å²) in [7, 11) is 0. The molecule has 0 heterocycles. The van der Waals surface area contributed by atoms with Crippen LogP contribution in [0.4, 0.5) is 0 Å². The van der Waals surface area contributed by atoms with Gasteiger partial charge in [-0.2, -0.15) is 0 Å². The molecule has 0 saturated carbocycles. The standard InChI is InChI=1S/C18H23NO2/c1-13-4-5-14(2)18(15(13)3)21-11-10-20-17-8-6-16(12-19)7-9-17/h4-9H,10-12,19H2,1-3H3. The molecule has 3 heteroatoms. The Morgan fingerprint density at radius 2 is 1.43 bits per heavy atom. The first kappa shape index (κ1) is 15.4. The molecule has 0 amide bonds. The first-order chi connectivity index (χ1) is 10.1. The molecule has 2 rings (SSSR count). The van der Waals surface area contributed by atoms with Gasteiger partial charge < -0.3 is 15.2 Å². The number of nitrogens with two attached hydrogens (primary N) is 1. The van der Waals surface area contributed by atoms with Gasteiger partial charge in [0, 0.05) is 6.54 Å². The van der Waals surface area contributed by atoms with E-state index in [4.69, 9.17) is 15.2 Å². The zero-order chi connectivity index (χ0) is 15.2. The van der Waals surface area contributed by atoms with Crippen molar-refractivity contribution in [2.75, 3.05) is 13.2 Å². The average molecular weight is 285 g/mol. The number of hydrogen-bond donors (Lipinski definition) is 1. The molecule has 0 atom stereocenters. The number of rotatable bonds is 6. The summed E-state index contributed by atoms with van der Waals surface area (Å²) in [6, 6.07) is 12.0. The number of ether oxygens (including phenoxy) is 2. The predicted molar refractivity (Wildman–Crippen MR) is 86.0 cm³/mol. The van der Waals surface area contributed by atoms with E-state index < -0.39 is 0 Å². The summed E-state index contributed by atoms with van der Waals surface area (Å²) in [6.07, 6.45) is 0. The van der Waals surface area contributed by atoms with Crippen LogP contribution in [0.25, 0.3) is 0 Å². The van der Waals surface area contributed by atoms with Crippen LogP contribution in [0.1, 0.15) is 22.3 Å². The van der Waals surface area contributed by atoms with Crippen LogP contribution in [-0.4, -0.2) is 13.2 Å². The Hall–Kier alpha value is -2.00. The molecule has 2 aromatic rings. The molecule has 3 nitrogen and oxygen atoms in total. The second-order valence-corrected chi connectivity index (χ2v) is 5.20. The Labute approximate surface area is 126 Å². The van der Waals surface area contributed by atoms with Gasteiger partial charge in [0.25, 0.3) is 0 Å². The highest BCUT2D eigenvalue weighted by molar-refractivity contribution is 5.44. The SMILES string of the molecule is Cc1ccc(C)c(OCCOc2ccc(CN)cc2)c1C. The summed E-state index contributed by atoms with van der Waals surface area (Å²) in [5, 5.41) is 0. The Morgan fingerprint density at radius 3 is 2.10 bits per heavy atom. The quantitative estimate of drug-likeness (QED) is 0.826. The second kappa shape index (κ2) is 7.14. The maximum atomic E-state index is 5.87. The Bertz CT molecular complexity index is 591. The molecule has 0 unspecified atom stereocenters. The topological polar surface area (TPSA) is 44.5 Å². The first-order valence-electron chi connectivity index (χ1n) is 7.23. The third-order valence-electron chi connectivity index (χ3n) is 3.63. The smallest absolute Gasteiger partial charge is 0.125 e. The van der Waals surface area contributed by atoms with Crippen molar-refractivity contribution < 1.29 is 9.47 Å². The number of hydrogen-bond acceptors (Lipinski definition) is 3. The van der Waals surface area contributed by atoms with Gasteiger partial charge in [0.2, 0.25) is 0 Å². The van der Waals surface area contributed by atoms with Gasteiger partial charge in [-0.15, -0.1) is 0 Å². The fourth-order valence-electron chi connectivity index (χ4n) is 2.17. The Morgan fingerprint density at radius 1 is 0.810 bits per heavy atom. The van der Waals surface area contributed by atoms with Gasteiger partial charge in [-0.1, -0.05) is 24.3 Å². The van der Waals surface area contributed by atoms with Crippen molar-refractivity contribution in [3.63, 3.8) is 0 Å². The molecule has 0 aromatic heterocycles. The molecule has 2 aromatic carbocycles. The van der Waals surface area contributed by atoms with E-state index in [2.05, 4.69) is 32.9 Å². The molecule has 21 heavy (non-hydrogen) atoms. The van der Waals surface area contributed by atoms with Crippen molar-refractivity contribution in [3.05, 3.63) is 58.7 Å². The minimum Gasteiger partial charge on any atom is -0.490 e. The first-order valence-corrected chi connectivity index (χ1v) is 7.23. The van der Waals surface area contributed by atoms with Gasteiger partial charge in [-0.25, -0.2) is 0 Å². The van der Waals surface area contributed by atoms with Crippen LogP contribution < -0.4 is 15.2 Å². The van der Waals surface area contributed by atoms with E-state index in [0.717, 1.165) is 22.6 Å². The van der Waals surface area contributed by atoms with E-state index >= 15 is 0 Å². The van der Waals surface area contributed by atoms with Crippen LogP contribution >= 0.6 is 0 Å². The normalized spacial score (nSPS) is 10.5. The largest absolute Gasteiger partial charge is 0.490 e. The zero-order valence-electron chi connectivity index (χ0n) is 13.0. The monoisotopic (exact) mass is 285 g/mol. The molecule has 2 N–H and O–H groups in total. The number of aryl methyl sites for hydroxylation is 2. The van der Waals surface area contributed by atoms with Gasteiger partial charge >= 0.3 is 0 Å². The van der Waals surface area contributed by atoms with Crippen molar-refractivity contribution in [2.45, 2.75) is 27.3 Å². The van der Waals surface area contributed by atoms with Crippen molar-refractivity contribution in [2.24, 2.45) is 5.73 Å². The highest BCUT2D eigenvalue weighted by Gasteiger charge is 2.06. The molecule has 0 aliphatic heterocycles. The van der Waals surface area contributed by atoms with Crippen molar-refractivity contribution in [3.8, 4) is 11.5 Å². The fourth-order valence-corrected chi connectivity index (χ4v) is 2.17. The summed E-state index contributed by atoms with van der Waals surface area (Å²) < 4.78 is 11.5. The van der Waals surface area contributed by atoms with Gasteiger partial charge in [0.15, 0.2) is 0 Å². The van der Waals surface area contributed by atoms with Crippen LogP contribution in [0, 0.1) is 20.8 Å². The van der Waals surface area contributed by atoms with E-state index in [0.29, 0.717) is 19.8 Å². The Balaban J connectivity index is 1.86. The van der Waals surface area contributed by atoms with Gasteiger partial charge in [-0.05, 0) is 55.2 Å². The van der Waals surface area contributed by atoms with Crippen molar-refractivity contribution >= 4 is 0 Å². The van der Waals surface area contributed by atoms with E-state index in [1.807, 2.05) is 24.3 Å². The second-order valence-electron chi connectivity index (χ2n) is 5.20. The third kappa shape index (κ3) is 3.99. The van der Waals surface area contributed by atoms with Crippen LogP contribution in [0.5, 0.6) is 11.5 Å². The molecule has 0 saturated heterocycles. The highest BCUT2D eigenvalue weighted by atomic mass is 16.5. The van der Waals surface area contributed by atoms with Crippen LogP contribution in [0.2, 0.25) is 0 Å². The molecule has 0 spiro atoms. The summed E-state index contributed by atoms with van der Waals surface area (Å²) in [6.45, 7) is 7.85. The molecule has 0 aliphatic rings. The lowest BCUT2D eigenvalue weighted by Gasteiger charge is -2.14. The molecular formula is C18H23NO2. The molecule has 0 fully saturated rings. The number of benzene rings is 2. The lowest BCUT2D eigenvalue weighted by atomic mass is 10.1.